The summed E-state index contributed by atoms with van der Waals surface area (Å²) >= 11 is 0. The number of rotatable bonds is 9. The first-order chi connectivity index (χ1) is 10.0. The normalized spacial score (nSPS) is 12.9. The van der Waals surface area contributed by atoms with E-state index in [2.05, 4.69) is 0 Å². The van der Waals surface area contributed by atoms with Crippen LogP contribution < -0.4 is 0 Å². The molecule has 21 heavy (non-hydrogen) atoms. The summed E-state index contributed by atoms with van der Waals surface area (Å²) in [6, 6.07) is 0. The molecule has 0 saturated heterocycles. The molecule has 1 aromatic heterocycles. The lowest BCUT2D eigenvalue weighted by molar-refractivity contribution is -0.108. The van der Waals surface area contributed by atoms with Gasteiger partial charge in [-0.25, -0.2) is 4.79 Å². The maximum atomic E-state index is 12.7. The van der Waals surface area contributed by atoms with Gasteiger partial charge in [0.05, 0.1) is 26.1 Å². The summed E-state index contributed by atoms with van der Waals surface area (Å²) < 4.78 is 32.8. The predicted octanol–water partition coefficient (Wildman–Crippen LogP) is 2.96. The summed E-state index contributed by atoms with van der Waals surface area (Å²) in [5.74, 6) is -0.660. The van der Waals surface area contributed by atoms with Crippen molar-refractivity contribution in [3.63, 3.8) is 0 Å². The number of furan rings is 1. The van der Waals surface area contributed by atoms with E-state index in [0.29, 0.717) is 6.29 Å². The van der Waals surface area contributed by atoms with Crippen LogP contribution in [0.15, 0.2) is 16.9 Å². The molecule has 1 atom stereocenters. The average molecular weight is 318 g/mol. The highest BCUT2D eigenvalue weighted by Gasteiger charge is 2.40. The van der Waals surface area contributed by atoms with E-state index in [9.17, 15) is 14.2 Å². The van der Waals surface area contributed by atoms with Crippen LogP contribution in [0, 0.1) is 0 Å². The fourth-order valence-electron chi connectivity index (χ4n) is 1.79. The molecular formula is C13H19O7P. The van der Waals surface area contributed by atoms with Gasteiger partial charge in [-0.05, 0) is 20.8 Å². The number of aldehydes is 1. The van der Waals surface area contributed by atoms with E-state index in [4.69, 9.17) is 18.2 Å². The van der Waals surface area contributed by atoms with E-state index in [0.717, 1.165) is 6.26 Å². The van der Waals surface area contributed by atoms with Crippen LogP contribution in [0.1, 0.15) is 42.4 Å². The molecule has 0 saturated carbocycles. The third-order valence-electron chi connectivity index (χ3n) is 2.59. The van der Waals surface area contributed by atoms with Crippen LogP contribution in [0.25, 0.3) is 0 Å². The summed E-state index contributed by atoms with van der Waals surface area (Å²) in [4.78, 5) is 23.2. The van der Waals surface area contributed by atoms with Gasteiger partial charge < -0.3 is 23.0 Å². The summed E-state index contributed by atoms with van der Waals surface area (Å²) in [6.45, 7) is 5.30. The molecule has 0 spiro atoms. The van der Waals surface area contributed by atoms with Crippen molar-refractivity contribution in [2.75, 3.05) is 19.8 Å². The number of carbonyl (C=O) groups excluding carboxylic acids is 2. The average Bonchev–Trinajstić information content (AvgIpc) is 2.89. The van der Waals surface area contributed by atoms with Crippen LogP contribution >= 0.6 is 7.60 Å². The van der Waals surface area contributed by atoms with Crippen molar-refractivity contribution in [1.82, 2.24) is 0 Å². The lowest BCUT2D eigenvalue weighted by Gasteiger charge is -2.22. The topological polar surface area (TPSA) is 92.0 Å². The lowest BCUT2D eigenvalue weighted by Crippen LogP contribution is -2.12. The Hall–Kier alpha value is -1.43. The minimum absolute atomic E-state index is 0.0357. The van der Waals surface area contributed by atoms with Gasteiger partial charge in [-0.15, -0.1) is 0 Å². The molecule has 118 valence electrons. The maximum Gasteiger partial charge on any atom is 0.345 e. The van der Waals surface area contributed by atoms with Crippen molar-refractivity contribution in [3.8, 4) is 0 Å². The monoisotopic (exact) mass is 318 g/mol. The van der Waals surface area contributed by atoms with Gasteiger partial charge >= 0.3 is 13.6 Å². The zero-order valence-electron chi connectivity index (χ0n) is 12.2. The van der Waals surface area contributed by atoms with Gasteiger partial charge in [0.15, 0.2) is 0 Å². The Kier molecular flexibility index (Phi) is 6.81. The van der Waals surface area contributed by atoms with E-state index in [-0.39, 0.29) is 30.9 Å². The molecule has 1 unspecified atom stereocenters. The molecule has 1 heterocycles. The second-order valence-corrected chi connectivity index (χ2v) is 6.07. The van der Waals surface area contributed by atoms with E-state index < -0.39 is 19.2 Å². The van der Waals surface area contributed by atoms with E-state index in [1.165, 1.54) is 6.26 Å². The van der Waals surface area contributed by atoms with Crippen LogP contribution in [0.2, 0.25) is 0 Å². The first-order valence-corrected chi connectivity index (χ1v) is 8.22. The van der Waals surface area contributed by atoms with Gasteiger partial charge in [-0.1, -0.05) is 0 Å². The Morgan fingerprint density at radius 1 is 1.24 bits per heavy atom. The Bertz CT molecular complexity index is 512. The quantitative estimate of drug-likeness (QED) is 0.392. The van der Waals surface area contributed by atoms with E-state index in [1.54, 1.807) is 20.8 Å². The molecule has 0 radical (unpaired) electrons. The number of carbonyl (C=O) groups is 2. The van der Waals surface area contributed by atoms with Gasteiger partial charge in [0.2, 0.25) is 0 Å². The Morgan fingerprint density at radius 2 is 1.86 bits per heavy atom. The van der Waals surface area contributed by atoms with Gasteiger partial charge in [0.1, 0.15) is 23.8 Å². The number of ether oxygens (including phenoxy) is 1. The molecule has 0 aliphatic rings. The van der Waals surface area contributed by atoms with Crippen LogP contribution in [-0.4, -0.2) is 32.1 Å². The zero-order chi connectivity index (χ0) is 15.9. The van der Waals surface area contributed by atoms with Crippen molar-refractivity contribution >= 4 is 19.9 Å². The molecule has 0 aliphatic carbocycles. The second kappa shape index (κ2) is 8.12. The van der Waals surface area contributed by atoms with Gasteiger partial charge in [0, 0.05) is 5.56 Å². The molecule has 8 heteroatoms. The van der Waals surface area contributed by atoms with Gasteiger partial charge in [-0.2, -0.15) is 0 Å². The first kappa shape index (κ1) is 17.6. The highest BCUT2D eigenvalue weighted by molar-refractivity contribution is 7.55. The van der Waals surface area contributed by atoms with Crippen LogP contribution in [0.4, 0.5) is 0 Å². The van der Waals surface area contributed by atoms with E-state index >= 15 is 0 Å². The maximum absolute atomic E-state index is 12.7. The fraction of sp³-hybridized carbons (Fsp3) is 0.538. The Labute approximate surface area is 123 Å². The summed E-state index contributed by atoms with van der Waals surface area (Å²) in [7, 11) is -3.74. The largest absolute Gasteiger partial charge is 0.471 e. The molecular weight excluding hydrogens is 299 g/mol. The third-order valence-corrected chi connectivity index (χ3v) is 4.91. The highest BCUT2D eigenvalue weighted by Crippen LogP contribution is 2.60. The lowest BCUT2D eigenvalue weighted by atomic mass is 10.1. The standard InChI is InChI=1S/C13H19O7P/c1-4-18-13(15)11-9-17-8-10(11)12(7-14)21(16,19-5-2)20-6-3/h7-9,12H,4-6H2,1-3H3. The Morgan fingerprint density at radius 3 is 2.33 bits per heavy atom. The fourth-order valence-corrected chi connectivity index (χ4v) is 3.59. The summed E-state index contributed by atoms with van der Waals surface area (Å²) in [6.07, 6.45) is 2.75. The molecule has 0 aromatic carbocycles. The molecule has 0 bridgehead atoms. The number of hydrogen-bond donors (Lipinski definition) is 0. The molecule has 0 N–H and O–H groups in total. The number of hydrogen-bond acceptors (Lipinski definition) is 7. The Balaban J connectivity index is 3.21. The SMILES string of the molecule is CCOC(=O)c1cocc1C(C=O)P(=O)(OCC)OCC. The zero-order valence-corrected chi connectivity index (χ0v) is 13.1. The second-order valence-electron chi connectivity index (χ2n) is 3.92. The van der Waals surface area contributed by atoms with Gasteiger partial charge in [0.25, 0.3) is 0 Å². The third kappa shape index (κ3) is 4.03. The van der Waals surface area contributed by atoms with E-state index in [1.807, 2.05) is 0 Å². The molecule has 1 aromatic rings. The first-order valence-electron chi connectivity index (χ1n) is 6.61. The smallest absolute Gasteiger partial charge is 0.345 e. The van der Waals surface area contributed by atoms with Crippen molar-refractivity contribution in [2.24, 2.45) is 0 Å². The summed E-state index contributed by atoms with van der Waals surface area (Å²) in [5, 5.41) is 0. The van der Waals surface area contributed by atoms with Crippen molar-refractivity contribution in [1.29, 1.82) is 0 Å². The van der Waals surface area contributed by atoms with Crippen molar-refractivity contribution in [2.45, 2.75) is 26.4 Å². The summed E-state index contributed by atoms with van der Waals surface area (Å²) in [5.41, 5.74) is -1.07. The van der Waals surface area contributed by atoms with Crippen LogP contribution in [0.3, 0.4) is 0 Å². The minimum atomic E-state index is -3.74. The van der Waals surface area contributed by atoms with Crippen molar-refractivity contribution < 1.29 is 32.4 Å². The molecule has 1 rings (SSSR count). The van der Waals surface area contributed by atoms with Crippen LogP contribution in [0.5, 0.6) is 0 Å². The molecule has 0 fully saturated rings. The van der Waals surface area contributed by atoms with Gasteiger partial charge in [-0.3, -0.25) is 4.57 Å². The number of esters is 1. The predicted molar refractivity (Wildman–Crippen MR) is 74.3 cm³/mol. The van der Waals surface area contributed by atoms with Crippen LogP contribution in [-0.2, 0) is 23.1 Å². The van der Waals surface area contributed by atoms with Crippen molar-refractivity contribution in [3.05, 3.63) is 23.7 Å². The minimum Gasteiger partial charge on any atom is -0.471 e. The highest BCUT2D eigenvalue weighted by atomic mass is 31.2. The molecule has 0 amide bonds. The molecule has 7 nitrogen and oxygen atoms in total. The molecule has 0 aliphatic heterocycles.